The third kappa shape index (κ3) is 4.98. The molecule has 0 saturated carbocycles. The van der Waals surface area contributed by atoms with Crippen LogP contribution in [0.1, 0.15) is 10.4 Å². The van der Waals surface area contributed by atoms with Crippen LogP contribution < -0.4 is 14.8 Å². The fourth-order valence-corrected chi connectivity index (χ4v) is 3.17. The van der Waals surface area contributed by atoms with Gasteiger partial charge in [0.25, 0.3) is 5.91 Å². The SMILES string of the molecule is COc1ccc(-n2cc(-c3ccccc3F)nc2NC(=O)c2ccc(OC(F)F)cc2)cc1. The summed E-state index contributed by atoms with van der Waals surface area (Å²) in [6.07, 6.45) is 1.61. The van der Waals surface area contributed by atoms with Crippen LogP contribution in [0.3, 0.4) is 0 Å². The van der Waals surface area contributed by atoms with E-state index in [0.29, 0.717) is 17.1 Å². The number of rotatable bonds is 7. The molecule has 0 atom stereocenters. The number of carbonyl (C=O) groups is 1. The molecule has 3 aromatic carbocycles. The third-order valence-electron chi connectivity index (χ3n) is 4.77. The zero-order valence-corrected chi connectivity index (χ0v) is 17.3. The van der Waals surface area contributed by atoms with E-state index < -0.39 is 18.3 Å². The maximum absolute atomic E-state index is 14.4. The normalized spacial score (nSPS) is 10.8. The van der Waals surface area contributed by atoms with Gasteiger partial charge in [0.15, 0.2) is 0 Å². The Hall–Kier alpha value is -4.27. The predicted octanol–water partition coefficient (Wildman–Crippen LogP) is 5.54. The van der Waals surface area contributed by atoms with Crippen LogP contribution in [0.15, 0.2) is 79.0 Å². The highest BCUT2D eigenvalue weighted by Crippen LogP contribution is 2.27. The summed E-state index contributed by atoms with van der Waals surface area (Å²) in [6.45, 7) is -2.96. The van der Waals surface area contributed by atoms with Crippen LogP contribution in [-0.2, 0) is 0 Å². The van der Waals surface area contributed by atoms with Gasteiger partial charge >= 0.3 is 6.61 Å². The summed E-state index contributed by atoms with van der Waals surface area (Å²) in [5.41, 5.74) is 1.45. The van der Waals surface area contributed by atoms with Crippen molar-refractivity contribution in [2.45, 2.75) is 6.61 Å². The summed E-state index contributed by atoms with van der Waals surface area (Å²) in [5, 5.41) is 2.69. The molecule has 6 nitrogen and oxygen atoms in total. The first-order chi connectivity index (χ1) is 15.9. The van der Waals surface area contributed by atoms with Crippen molar-refractivity contribution in [3.63, 3.8) is 0 Å². The first-order valence-corrected chi connectivity index (χ1v) is 9.79. The molecule has 1 amide bonds. The maximum atomic E-state index is 14.4. The molecular weight excluding hydrogens is 435 g/mol. The van der Waals surface area contributed by atoms with E-state index in [4.69, 9.17) is 4.74 Å². The van der Waals surface area contributed by atoms with Crippen molar-refractivity contribution in [1.82, 2.24) is 9.55 Å². The minimum Gasteiger partial charge on any atom is -0.497 e. The monoisotopic (exact) mass is 453 g/mol. The van der Waals surface area contributed by atoms with Gasteiger partial charge in [-0.05, 0) is 60.7 Å². The van der Waals surface area contributed by atoms with E-state index in [-0.39, 0.29) is 22.8 Å². The number of ether oxygens (including phenoxy) is 2. The molecule has 1 N–H and O–H groups in total. The van der Waals surface area contributed by atoms with E-state index in [9.17, 15) is 18.0 Å². The van der Waals surface area contributed by atoms with Gasteiger partial charge in [0.05, 0.1) is 12.8 Å². The number of hydrogen-bond donors (Lipinski definition) is 1. The van der Waals surface area contributed by atoms with Gasteiger partial charge in [-0.25, -0.2) is 9.37 Å². The van der Waals surface area contributed by atoms with Gasteiger partial charge in [-0.1, -0.05) is 12.1 Å². The molecule has 0 aliphatic carbocycles. The summed E-state index contributed by atoms with van der Waals surface area (Å²) in [7, 11) is 1.55. The fourth-order valence-electron chi connectivity index (χ4n) is 3.17. The van der Waals surface area contributed by atoms with Crippen LogP contribution >= 0.6 is 0 Å². The molecular formula is C24H18F3N3O3. The molecule has 4 rings (SSSR count). The molecule has 4 aromatic rings. The molecule has 0 aliphatic heterocycles. The van der Waals surface area contributed by atoms with E-state index in [1.807, 2.05) is 0 Å². The molecule has 0 aliphatic rings. The predicted molar refractivity (Wildman–Crippen MR) is 117 cm³/mol. The Kier molecular flexibility index (Phi) is 6.30. The Balaban J connectivity index is 1.68. The summed E-state index contributed by atoms with van der Waals surface area (Å²) >= 11 is 0. The number of benzene rings is 3. The summed E-state index contributed by atoms with van der Waals surface area (Å²) in [4.78, 5) is 17.2. The molecule has 1 aromatic heterocycles. The number of nitrogens with zero attached hydrogens (tertiary/aromatic N) is 2. The van der Waals surface area contributed by atoms with Crippen molar-refractivity contribution < 1.29 is 27.4 Å². The lowest BCUT2D eigenvalue weighted by Crippen LogP contribution is -2.15. The minimum atomic E-state index is -2.96. The smallest absolute Gasteiger partial charge is 0.387 e. The first-order valence-electron chi connectivity index (χ1n) is 9.79. The number of halogens is 3. The van der Waals surface area contributed by atoms with E-state index in [1.165, 1.54) is 30.3 Å². The molecule has 0 radical (unpaired) electrons. The van der Waals surface area contributed by atoms with E-state index in [0.717, 1.165) is 0 Å². The number of alkyl halides is 2. The quantitative estimate of drug-likeness (QED) is 0.399. The van der Waals surface area contributed by atoms with Crippen molar-refractivity contribution in [3.8, 4) is 28.4 Å². The topological polar surface area (TPSA) is 65.4 Å². The van der Waals surface area contributed by atoms with E-state index >= 15 is 0 Å². The minimum absolute atomic E-state index is 0.0666. The van der Waals surface area contributed by atoms with Gasteiger partial charge in [-0.2, -0.15) is 8.78 Å². The van der Waals surface area contributed by atoms with Crippen LogP contribution in [0.2, 0.25) is 0 Å². The van der Waals surface area contributed by atoms with E-state index in [2.05, 4.69) is 15.0 Å². The van der Waals surface area contributed by atoms with Crippen molar-refractivity contribution >= 4 is 11.9 Å². The van der Waals surface area contributed by atoms with E-state index in [1.54, 1.807) is 60.3 Å². The van der Waals surface area contributed by atoms with Crippen molar-refractivity contribution in [1.29, 1.82) is 0 Å². The highest BCUT2D eigenvalue weighted by molar-refractivity contribution is 6.03. The van der Waals surface area contributed by atoms with Gasteiger partial charge in [-0.15, -0.1) is 0 Å². The highest BCUT2D eigenvalue weighted by atomic mass is 19.3. The molecule has 168 valence electrons. The van der Waals surface area contributed by atoms with Gasteiger partial charge in [0, 0.05) is 23.0 Å². The standard InChI is InChI=1S/C24H18F3N3O3/c1-32-17-12-8-16(9-13-17)30-14-21(19-4-2-3-5-20(19)25)28-24(30)29-22(31)15-6-10-18(11-7-15)33-23(26)27/h2-14,23H,1H3,(H,28,29,31). The summed E-state index contributed by atoms with van der Waals surface area (Å²) < 4.78 is 50.1. The Morgan fingerprint density at radius 1 is 0.970 bits per heavy atom. The van der Waals surface area contributed by atoms with Gasteiger partial charge < -0.3 is 9.47 Å². The van der Waals surface area contributed by atoms with Gasteiger partial charge in [0.1, 0.15) is 17.3 Å². The van der Waals surface area contributed by atoms with Gasteiger partial charge in [-0.3, -0.25) is 14.7 Å². The second-order valence-corrected chi connectivity index (χ2v) is 6.85. The Morgan fingerprint density at radius 3 is 2.27 bits per heavy atom. The van der Waals surface area contributed by atoms with Crippen LogP contribution in [0.4, 0.5) is 19.1 Å². The number of methoxy groups -OCH3 is 1. The second kappa shape index (κ2) is 9.47. The average molecular weight is 453 g/mol. The number of nitrogens with one attached hydrogen (secondary N) is 1. The lowest BCUT2D eigenvalue weighted by atomic mass is 10.1. The maximum Gasteiger partial charge on any atom is 0.387 e. The van der Waals surface area contributed by atoms with Crippen molar-refractivity contribution in [2.24, 2.45) is 0 Å². The lowest BCUT2D eigenvalue weighted by molar-refractivity contribution is -0.0498. The molecule has 1 heterocycles. The number of imidazole rings is 1. The molecule has 0 saturated heterocycles. The van der Waals surface area contributed by atoms with Crippen molar-refractivity contribution in [3.05, 3.63) is 90.4 Å². The highest BCUT2D eigenvalue weighted by Gasteiger charge is 2.17. The zero-order valence-electron chi connectivity index (χ0n) is 17.3. The van der Waals surface area contributed by atoms with Crippen LogP contribution in [0.25, 0.3) is 16.9 Å². The summed E-state index contributed by atoms with van der Waals surface area (Å²) in [5.74, 6) is -0.257. The first kappa shape index (κ1) is 21.9. The molecule has 9 heteroatoms. The Morgan fingerprint density at radius 2 is 1.64 bits per heavy atom. The van der Waals surface area contributed by atoms with Crippen LogP contribution in [-0.4, -0.2) is 29.2 Å². The fraction of sp³-hybridized carbons (Fsp3) is 0.0833. The molecule has 0 bridgehead atoms. The van der Waals surface area contributed by atoms with Crippen LogP contribution in [0.5, 0.6) is 11.5 Å². The number of carbonyl (C=O) groups excluding carboxylic acids is 1. The van der Waals surface area contributed by atoms with Crippen molar-refractivity contribution in [2.75, 3.05) is 12.4 Å². The largest absolute Gasteiger partial charge is 0.497 e. The van der Waals surface area contributed by atoms with Gasteiger partial charge in [0.2, 0.25) is 5.95 Å². The summed E-state index contributed by atoms with van der Waals surface area (Å²) in [6, 6.07) is 18.4. The molecule has 0 spiro atoms. The Labute approximate surface area is 187 Å². The molecule has 0 unspecified atom stereocenters. The van der Waals surface area contributed by atoms with Crippen LogP contribution in [0, 0.1) is 5.82 Å². The molecule has 0 fully saturated rings. The lowest BCUT2D eigenvalue weighted by Gasteiger charge is -2.10. The number of hydrogen-bond acceptors (Lipinski definition) is 4. The number of aromatic nitrogens is 2. The number of amides is 1. The average Bonchev–Trinajstić information content (AvgIpc) is 3.23. The zero-order chi connectivity index (χ0) is 23.4. The second-order valence-electron chi connectivity index (χ2n) is 6.85. The Bertz CT molecular complexity index is 1260. The molecule has 33 heavy (non-hydrogen) atoms. The number of anilines is 1. The third-order valence-corrected chi connectivity index (χ3v) is 4.77.